The van der Waals surface area contributed by atoms with Gasteiger partial charge in [0.25, 0.3) is 10.0 Å². The lowest BCUT2D eigenvalue weighted by Crippen LogP contribution is -2.52. The zero-order valence-electron chi connectivity index (χ0n) is 21.8. The molecule has 0 saturated heterocycles. The Morgan fingerprint density at radius 2 is 1.43 bits per heavy atom. The van der Waals surface area contributed by atoms with Crippen molar-refractivity contribution < 1.29 is 18.0 Å². The number of nitrogens with zero attached hydrogens (tertiary/aromatic N) is 2. The van der Waals surface area contributed by atoms with Crippen molar-refractivity contribution in [1.82, 2.24) is 10.2 Å². The number of hydrogen-bond donors (Lipinski definition) is 1. The van der Waals surface area contributed by atoms with Crippen LogP contribution in [0.3, 0.4) is 0 Å². The molecule has 0 heterocycles. The molecule has 0 aromatic heterocycles. The summed E-state index contributed by atoms with van der Waals surface area (Å²) in [4.78, 5) is 28.4. The molecule has 2 amide bonds. The number of carbonyl (C=O) groups excluding carboxylic acids is 2. The molecule has 0 aliphatic carbocycles. The number of nitrogens with one attached hydrogen (secondary N) is 1. The van der Waals surface area contributed by atoms with E-state index in [1.165, 1.54) is 17.0 Å². The van der Waals surface area contributed by atoms with E-state index in [2.05, 4.69) is 5.32 Å². The van der Waals surface area contributed by atoms with Crippen molar-refractivity contribution in [2.75, 3.05) is 10.8 Å². The van der Waals surface area contributed by atoms with Crippen molar-refractivity contribution in [3.63, 3.8) is 0 Å². The molecule has 8 heteroatoms. The van der Waals surface area contributed by atoms with E-state index in [0.717, 1.165) is 21.9 Å². The summed E-state index contributed by atoms with van der Waals surface area (Å²) in [6.07, 6.45) is 0.752. The standard InChI is InChI=1S/C29H35N3O4S/c1-5-23(3)30-29(34)24(4)31(20-25-12-8-6-9-13-25)28(33)21-32(26-18-16-22(2)17-19-26)37(35,36)27-14-10-7-11-15-27/h6-19,23-24H,5,20-21H2,1-4H3,(H,30,34)/t23-,24+/m0/s1. The molecule has 0 spiro atoms. The van der Waals surface area contributed by atoms with Crippen LogP contribution in [0.5, 0.6) is 0 Å². The van der Waals surface area contributed by atoms with Crippen molar-refractivity contribution in [1.29, 1.82) is 0 Å². The first kappa shape index (κ1) is 27.9. The molecule has 3 aromatic carbocycles. The van der Waals surface area contributed by atoms with Crippen LogP contribution < -0.4 is 9.62 Å². The molecule has 0 radical (unpaired) electrons. The minimum absolute atomic E-state index is 0.0499. The summed E-state index contributed by atoms with van der Waals surface area (Å²) < 4.78 is 28.5. The van der Waals surface area contributed by atoms with Gasteiger partial charge in [-0.3, -0.25) is 13.9 Å². The van der Waals surface area contributed by atoms with E-state index in [9.17, 15) is 18.0 Å². The maximum Gasteiger partial charge on any atom is 0.264 e. The van der Waals surface area contributed by atoms with Crippen LogP contribution in [0.15, 0.2) is 89.8 Å². The second-order valence-electron chi connectivity index (χ2n) is 9.16. The summed E-state index contributed by atoms with van der Waals surface area (Å²) in [6, 6.07) is 23.5. The summed E-state index contributed by atoms with van der Waals surface area (Å²) in [5.74, 6) is -0.762. The Morgan fingerprint density at radius 1 is 0.865 bits per heavy atom. The number of carbonyl (C=O) groups is 2. The lowest BCUT2D eigenvalue weighted by atomic mass is 10.1. The second kappa shape index (κ2) is 12.5. The highest BCUT2D eigenvalue weighted by Crippen LogP contribution is 2.25. The number of rotatable bonds is 11. The second-order valence-corrected chi connectivity index (χ2v) is 11.0. The first-order chi connectivity index (χ1) is 17.6. The molecule has 196 valence electrons. The zero-order valence-corrected chi connectivity index (χ0v) is 22.6. The predicted molar refractivity (Wildman–Crippen MR) is 147 cm³/mol. The molecule has 2 atom stereocenters. The first-order valence-electron chi connectivity index (χ1n) is 12.4. The van der Waals surface area contributed by atoms with Crippen LogP contribution in [-0.2, 0) is 26.2 Å². The highest BCUT2D eigenvalue weighted by atomic mass is 32.2. The summed E-state index contributed by atoms with van der Waals surface area (Å²) in [5, 5.41) is 2.93. The zero-order chi connectivity index (χ0) is 27.0. The lowest BCUT2D eigenvalue weighted by molar-refractivity contribution is -0.139. The Bertz CT molecular complexity index is 1280. The molecule has 7 nitrogen and oxygen atoms in total. The van der Waals surface area contributed by atoms with Crippen molar-refractivity contribution >= 4 is 27.5 Å². The highest BCUT2D eigenvalue weighted by Gasteiger charge is 2.32. The molecule has 0 aliphatic rings. The molecule has 0 unspecified atom stereocenters. The van der Waals surface area contributed by atoms with E-state index in [1.807, 2.05) is 51.1 Å². The number of anilines is 1. The topological polar surface area (TPSA) is 86.8 Å². The lowest BCUT2D eigenvalue weighted by Gasteiger charge is -2.32. The largest absolute Gasteiger partial charge is 0.352 e. The van der Waals surface area contributed by atoms with E-state index < -0.39 is 28.5 Å². The van der Waals surface area contributed by atoms with Gasteiger partial charge >= 0.3 is 0 Å². The number of amides is 2. The number of hydrogen-bond acceptors (Lipinski definition) is 4. The quantitative estimate of drug-likeness (QED) is 0.402. The third-order valence-electron chi connectivity index (χ3n) is 6.30. The Hall–Kier alpha value is -3.65. The summed E-state index contributed by atoms with van der Waals surface area (Å²) in [7, 11) is -4.05. The van der Waals surface area contributed by atoms with Crippen LogP contribution in [0.25, 0.3) is 0 Å². The van der Waals surface area contributed by atoms with Gasteiger partial charge in [-0.1, -0.05) is 73.2 Å². The molecule has 1 N–H and O–H groups in total. The van der Waals surface area contributed by atoms with E-state index in [1.54, 1.807) is 49.4 Å². The molecule has 0 fully saturated rings. The third-order valence-corrected chi connectivity index (χ3v) is 8.08. The fourth-order valence-electron chi connectivity index (χ4n) is 3.79. The van der Waals surface area contributed by atoms with Gasteiger partial charge in [0.1, 0.15) is 12.6 Å². The third kappa shape index (κ3) is 7.20. The van der Waals surface area contributed by atoms with E-state index in [-0.39, 0.29) is 23.4 Å². The Morgan fingerprint density at radius 3 is 2.00 bits per heavy atom. The maximum atomic E-state index is 13.8. The van der Waals surface area contributed by atoms with Gasteiger partial charge in [0.2, 0.25) is 11.8 Å². The fourth-order valence-corrected chi connectivity index (χ4v) is 5.22. The van der Waals surface area contributed by atoms with Gasteiger partial charge in [0.05, 0.1) is 10.6 Å². The molecule has 3 aromatic rings. The monoisotopic (exact) mass is 521 g/mol. The molecular weight excluding hydrogens is 486 g/mol. The molecule has 0 saturated carbocycles. The van der Waals surface area contributed by atoms with Crippen LogP contribution in [-0.4, -0.2) is 43.8 Å². The van der Waals surface area contributed by atoms with Crippen molar-refractivity contribution in [3.8, 4) is 0 Å². The van der Waals surface area contributed by atoms with Gasteiger partial charge in [-0.15, -0.1) is 0 Å². The number of aryl methyl sites for hydroxylation is 1. The number of benzene rings is 3. The minimum Gasteiger partial charge on any atom is -0.352 e. The highest BCUT2D eigenvalue weighted by molar-refractivity contribution is 7.92. The normalized spacial score (nSPS) is 12.9. The van der Waals surface area contributed by atoms with Crippen molar-refractivity contribution in [3.05, 3.63) is 96.1 Å². The van der Waals surface area contributed by atoms with Gasteiger partial charge in [-0.25, -0.2) is 8.42 Å². The molecule has 37 heavy (non-hydrogen) atoms. The van der Waals surface area contributed by atoms with E-state index in [4.69, 9.17) is 0 Å². The average Bonchev–Trinajstić information content (AvgIpc) is 2.91. The average molecular weight is 522 g/mol. The molecule has 3 rings (SSSR count). The van der Waals surface area contributed by atoms with Crippen molar-refractivity contribution in [2.24, 2.45) is 0 Å². The summed E-state index contributed by atoms with van der Waals surface area (Å²) >= 11 is 0. The van der Waals surface area contributed by atoms with Gasteiger partial charge < -0.3 is 10.2 Å². The fraction of sp³-hybridized carbons (Fsp3) is 0.310. The van der Waals surface area contributed by atoms with Crippen LogP contribution in [0.2, 0.25) is 0 Å². The van der Waals surface area contributed by atoms with E-state index >= 15 is 0 Å². The van der Waals surface area contributed by atoms with Gasteiger partial charge in [0.15, 0.2) is 0 Å². The van der Waals surface area contributed by atoms with E-state index in [0.29, 0.717) is 5.69 Å². The van der Waals surface area contributed by atoms with Gasteiger partial charge in [-0.2, -0.15) is 0 Å². The molecule has 0 aliphatic heterocycles. The van der Waals surface area contributed by atoms with Crippen LogP contribution >= 0.6 is 0 Å². The number of sulfonamides is 1. The Kier molecular flexibility index (Phi) is 9.47. The van der Waals surface area contributed by atoms with Gasteiger partial charge in [0, 0.05) is 12.6 Å². The molecular formula is C29H35N3O4S. The minimum atomic E-state index is -4.05. The smallest absolute Gasteiger partial charge is 0.264 e. The summed E-state index contributed by atoms with van der Waals surface area (Å²) in [5.41, 5.74) is 2.18. The van der Waals surface area contributed by atoms with Crippen LogP contribution in [0.1, 0.15) is 38.3 Å². The predicted octanol–water partition coefficient (Wildman–Crippen LogP) is 4.52. The van der Waals surface area contributed by atoms with Gasteiger partial charge in [-0.05, 0) is 57.0 Å². The summed E-state index contributed by atoms with van der Waals surface area (Å²) in [6.45, 7) is 7.16. The van der Waals surface area contributed by atoms with Crippen molar-refractivity contribution in [2.45, 2.75) is 57.6 Å². The van der Waals surface area contributed by atoms with Crippen LogP contribution in [0.4, 0.5) is 5.69 Å². The SMILES string of the molecule is CC[C@H](C)NC(=O)[C@@H](C)N(Cc1ccccc1)C(=O)CN(c1ccc(C)cc1)S(=O)(=O)c1ccccc1. The Balaban J connectivity index is 1.99. The molecule has 0 bridgehead atoms. The Labute approximate surface area is 220 Å². The first-order valence-corrected chi connectivity index (χ1v) is 13.9. The maximum absolute atomic E-state index is 13.8. The van der Waals surface area contributed by atoms with Crippen LogP contribution in [0, 0.1) is 6.92 Å².